The van der Waals surface area contributed by atoms with E-state index >= 15 is 0 Å². The molecule has 3 aromatic carbocycles. The summed E-state index contributed by atoms with van der Waals surface area (Å²) in [5.41, 5.74) is 2.90. The molecule has 3 aromatic rings. The Balaban J connectivity index is 1.66. The molecule has 0 aliphatic heterocycles. The first-order valence-electron chi connectivity index (χ1n) is 10.0. The molecule has 3 rings (SSSR count). The van der Waals surface area contributed by atoms with Gasteiger partial charge in [-0.3, -0.25) is 9.59 Å². The number of aryl methyl sites for hydroxylation is 1. The van der Waals surface area contributed by atoms with Crippen LogP contribution < -0.4 is 15.4 Å². The Kier molecular flexibility index (Phi) is 7.22. The van der Waals surface area contributed by atoms with Crippen LogP contribution in [0.5, 0.6) is 5.75 Å². The zero-order valence-electron chi connectivity index (χ0n) is 17.2. The fourth-order valence-corrected chi connectivity index (χ4v) is 3.05. The topological polar surface area (TPSA) is 67.4 Å². The van der Waals surface area contributed by atoms with Gasteiger partial charge in [0, 0.05) is 6.54 Å². The summed E-state index contributed by atoms with van der Waals surface area (Å²) in [5.74, 6) is 0.125. The normalized spacial score (nSPS) is 11.4. The third kappa shape index (κ3) is 5.47. The summed E-state index contributed by atoms with van der Waals surface area (Å²) in [6, 6.07) is 24.3. The van der Waals surface area contributed by atoms with Gasteiger partial charge < -0.3 is 15.4 Å². The van der Waals surface area contributed by atoms with Gasteiger partial charge >= 0.3 is 0 Å². The van der Waals surface area contributed by atoms with Crippen molar-refractivity contribution in [1.29, 1.82) is 0 Å². The molecule has 0 heterocycles. The molecule has 0 aliphatic carbocycles. The minimum atomic E-state index is -0.710. The van der Waals surface area contributed by atoms with Crippen molar-refractivity contribution in [2.45, 2.75) is 32.9 Å². The Morgan fingerprint density at radius 1 is 0.900 bits per heavy atom. The van der Waals surface area contributed by atoms with Crippen LogP contribution in [0.3, 0.4) is 0 Å². The smallest absolute Gasteiger partial charge is 0.265 e. The minimum Gasteiger partial charge on any atom is -0.481 e. The molecule has 2 amide bonds. The number of amides is 2. The molecule has 0 spiro atoms. The van der Waals surface area contributed by atoms with Crippen molar-refractivity contribution < 1.29 is 14.3 Å². The van der Waals surface area contributed by atoms with Crippen LogP contribution in [0, 0.1) is 0 Å². The Bertz CT molecular complexity index is 1000. The molecule has 5 heteroatoms. The summed E-state index contributed by atoms with van der Waals surface area (Å²) in [5, 5.41) is 5.71. The predicted octanol–water partition coefficient (Wildman–Crippen LogP) is 4.59. The summed E-state index contributed by atoms with van der Waals surface area (Å²) < 4.78 is 5.86. The first kappa shape index (κ1) is 21.1. The summed E-state index contributed by atoms with van der Waals surface area (Å²) in [6.07, 6.45) is 0.104. The van der Waals surface area contributed by atoms with E-state index in [1.54, 1.807) is 31.2 Å². The number of hydrogen-bond acceptors (Lipinski definition) is 3. The third-order valence-corrected chi connectivity index (χ3v) is 4.75. The van der Waals surface area contributed by atoms with Gasteiger partial charge in [-0.2, -0.15) is 0 Å². The first-order chi connectivity index (χ1) is 14.6. The van der Waals surface area contributed by atoms with Gasteiger partial charge in [0.25, 0.3) is 11.8 Å². The third-order valence-electron chi connectivity index (χ3n) is 4.75. The second-order valence-electron chi connectivity index (χ2n) is 6.92. The average Bonchev–Trinajstić information content (AvgIpc) is 2.78. The zero-order chi connectivity index (χ0) is 21.3. The number of carbonyl (C=O) groups is 2. The van der Waals surface area contributed by atoms with Crippen molar-refractivity contribution in [1.82, 2.24) is 5.32 Å². The molecule has 0 aromatic heterocycles. The van der Waals surface area contributed by atoms with E-state index in [2.05, 4.69) is 10.6 Å². The van der Waals surface area contributed by atoms with Crippen molar-refractivity contribution in [2.75, 3.05) is 5.32 Å². The molecular weight excluding hydrogens is 376 g/mol. The van der Waals surface area contributed by atoms with Gasteiger partial charge in [0.05, 0.1) is 11.3 Å². The van der Waals surface area contributed by atoms with E-state index in [0.29, 0.717) is 23.5 Å². The van der Waals surface area contributed by atoms with Gasteiger partial charge in [-0.25, -0.2) is 0 Å². The molecule has 0 radical (unpaired) electrons. The van der Waals surface area contributed by atoms with Crippen LogP contribution in [0.25, 0.3) is 0 Å². The quantitative estimate of drug-likeness (QED) is 0.579. The summed E-state index contributed by atoms with van der Waals surface area (Å²) in [6.45, 7) is 4.15. The molecule has 154 valence electrons. The van der Waals surface area contributed by atoms with Crippen LogP contribution in [0.1, 0.15) is 35.3 Å². The van der Waals surface area contributed by atoms with Gasteiger partial charge in [-0.05, 0) is 42.7 Å². The number of para-hydroxylation sites is 2. The zero-order valence-corrected chi connectivity index (χ0v) is 17.2. The van der Waals surface area contributed by atoms with Crippen LogP contribution in [0.4, 0.5) is 5.69 Å². The SMILES string of the molecule is CCc1ccccc1OC(C)C(=O)Nc1ccccc1C(=O)NCc1ccccc1. The van der Waals surface area contributed by atoms with Gasteiger partial charge in [0.2, 0.25) is 0 Å². The highest BCUT2D eigenvalue weighted by Gasteiger charge is 2.19. The van der Waals surface area contributed by atoms with Gasteiger partial charge in [0.1, 0.15) is 5.75 Å². The van der Waals surface area contributed by atoms with Crippen molar-refractivity contribution in [3.63, 3.8) is 0 Å². The molecular formula is C25H26N2O3. The van der Waals surface area contributed by atoms with Crippen LogP contribution in [0.2, 0.25) is 0 Å². The fraction of sp³-hybridized carbons (Fsp3) is 0.200. The molecule has 0 saturated carbocycles. The molecule has 1 unspecified atom stereocenters. The maximum Gasteiger partial charge on any atom is 0.265 e. The van der Waals surface area contributed by atoms with Crippen molar-refractivity contribution in [3.8, 4) is 5.75 Å². The van der Waals surface area contributed by atoms with Crippen LogP contribution in [-0.2, 0) is 17.8 Å². The largest absolute Gasteiger partial charge is 0.481 e. The molecule has 0 aliphatic rings. The number of ether oxygens (including phenoxy) is 1. The summed E-state index contributed by atoms with van der Waals surface area (Å²) in [7, 11) is 0. The number of benzene rings is 3. The van der Waals surface area contributed by atoms with Crippen LogP contribution in [-0.4, -0.2) is 17.9 Å². The predicted molar refractivity (Wildman–Crippen MR) is 119 cm³/mol. The number of nitrogens with one attached hydrogen (secondary N) is 2. The highest BCUT2D eigenvalue weighted by atomic mass is 16.5. The highest BCUT2D eigenvalue weighted by Crippen LogP contribution is 2.21. The molecule has 5 nitrogen and oxygen atoms in total. The first-order valence-corrected chi connectivity index (χ1v) is 10.0. The molecule has 2 N–H and O–H groups in total. The van der Waals surface area contributed by atoms with Crippen molar-refractivity contribution >= 4 is 17.5 Å². The Labute approximate surface area is 177 Å². The molecule has 0 bridgehead atoms. The van der Waals surface area contributed by atoms with E-state index in [0.717, 1.165) is 17.5 Å². The highest BCUT2D eigenvalue weighted by molar-refractivity contribution is 6.04. The number of anilines is 1. The second-order valence-corrected chi connectivity index (χ2v) is 6.92. The number of hydrogen-bond donors (Lipinski definition) is 2. The number of carbonyl (C=O) groups excluding carboxylic acids is 2. The Morgan fingerprint density at radius 3 is 2.33 bits per heavy atom. The summed E-state index contributed by atoms with van der Waals surface area (Å²) in [4.78, 5) is 25.4. The van der Waals surface area contributed by atoms with Crippen molar-refractivity contribution in [2.24, 2.45) is 0 Å². The lowest BCUT2D eigenvalue weighted by Gasteiger charge is -2.18. The van der Waals surface area contributed by atoms with Crippen LogP contribution in [0.15, 0.2) is 78.9 Å². The van der Waals surface area contributed by atoms with E-state index < -0.39 is 6.10 Å². The molecule has 0 saturated heterocycles. The van der Waals surface area contributed by atoms with Crippen LogP contribution >= 0.6 is 0 Å². The van der Waals surface area contributed by atoms with Gasteiger partial charge in [0.15, 0.2) is 6.10 Å². The maximum atomic E-state index is 12.7. The minimum absolute atomic E-state index is 0.250. The number of rotatable bonds is 8. The lowest BCUT2D eigenvalue weighted by molar-refractivity contribution is -0.122. The fourth-order valence-electron chi connectivity index (χ4n) is 3.05. The van der Waals surface area contributed by atoms with Gasteiger partial charge in [-0.15, -0.1) is 0 Å². The average molecular weight is 402 g/mol. The lowest BCUT2D eigenvalue weighted by atomic mass is 10.1. The van der Waals surface area contributed by atoms with E-state index in [1.807, 2.05) is 61.5 Å². The Morgan fingerprint density at radius 2 is 1.57 bits per heavy atom. The molecule has 0 fully saturated rings. The monoisotopic (exact) mass is 402 g/mol. The maximum absolute atomic E-state index is 12.7. The van der Waals surface area contributed by atoms with E-state index in [-0.39, 0.29) is 11.8 Å². The Hall–Kier alpha value is -3.60. The van der Waals surface area contributed by atoms with E-state index in [1.165, 1.54) is 0 Å². The van der Waals surface area contributed by atoms with E-state index in [9.17, 15) is 9.59 Å². The molecule has 30 heavy (non-hydrogen) atoms. The van der Waals surface area contributed by atoms with E-state index in [4.69, 9.17) is 4.74 Å². The van der Waals surface area contributed by atoms with Gasteiger partial charge in [-0.1, -0.05) is 67.6 Å². The lowest BCUT2D eigenvalue weighted by Crippen LogP contribution is -2.32. The standard InChI is InChI=1S/C25H26N2O3/c1-3-20-13-7-10-16-23(20)30-18(2)24(28)27-22-15-9-8-14-21(22)25(29)26-17-19-11-5-4-6-12-19/h4-16,18H,3,17H2,1-2H3,(H,26,29)(H,27,28). The van der Waals surface area contributed by atoms with Crippen molar-refractivity contribution in [3.05, 3.63) is 95.6 Å². The second kappa shape index (κ2) is 10.3. The molecule has 1 atom stereocenters. The summed E-state index contributed by atoms with van der Waals surface area (Å²) >= 11 is 0.